The number of halogens is 1. The highest BCUT2D eigenvalue weighted by molar-refractivity contribution is 9.10. The molecule has 0 spiro atoms. The van der Waals surface area contributed by atoms with Crippen molar-refractivity contribution in [3.05, 3.63) is 22.8 Å². The van der Waals surface area contributed by atoms with Crippen LogP contribution < -0.4 is 15.2 Å². The molecule has 112 valence electrons. The predicted octanol–water partition coefficient (Wildman–Crippen LogP) is 4.02. The number of hydrogen-bond donors (Lipinski definition) is 1. The van der Waals surface area contributed by atoms with Gasteiger partial charge in [-0.2, -0.15) is 0 Å². The van der Waals surface area contributed by atoms with Gasteiger partial charge in [0.25, 0.3) is 0 Å². The third-order valence-electron chi connectivity index (χ3n) is 3.75. The van der Waals surface area contributed by atoms with Crippen LogP contribution >= 0.6 is 15.9 Å². The predicted molar refractivity (Wildman–Crippen MR) is 83.5 cm³/mol. The molecular weight excluding hydrogens is 336 g/mol. The van der Waals surface area contributed by atoms with Crippen LogP contribution in [-0.4, -0.2) is 18.4 Å². The van der Waals surface area contributed by atoms with E-state index in [1.54, 1.807) is 13.3 Å². The Morgan fingerprint density at radius 3 is 2.71 bits per heavy atom. The van der Waals surface area contributed by atoms with E-state index in [1.165, 1.54) is 12.8 Å². The summed E-state index contributed by atoms with van der Waals surface area (Å²) in [5.41, 5.74) is 7.39. The Balaban J connectivity index is 2.09. The van der Waals surface area contributed by atoms with E-state index in [4.69, 9.17) is 19.7 Å². The van der Waals surface area contributed by atoms with E-state index in [0.717, 1.165) is 22.9 Å². The quantitative estimate of drug-likeness (QED) is 0.899. The number of methoxy groups -OCH3 is 1. The lowest BCUT2D eigenvalue weighted by Gasteiger charge is -2.19. The molecular formula is C15H17BrN2O3. The average molecular weight is 353 g/mol. The highest BCUT2D eigenvalue weighted by Gasteiger charge is 2.24. The Kier molecular flexibility index (Phi) is 4.05. The number of benzene rings is 1. The van der Waals surface area contributed by atoms with Crippen molar-refractivity contribution in [2.45, 2.75) is 31.8 Å². The number of rotatable bonds is 4. The van der Waals surface area contributed by atoms with Gasteiger partial charge in [0.15, 0.2) is 11.5 Å². The maximum absolute atomic E-state index is 6.21. The third-order valence-corrected chi connectivity index (χ3v) is 4.41. The van der Waals surface area contributed by atoms with Gasteiger partial charge in [-0.25, -0.2) is 0 Å². The lowest BCUT2D eigenvalue weighted by atomic mass is 10.1. The van der Waals surface area contributed by atoms with Gasteiger partial charge in [-0.15, -0.1) is 0 Å². The van der Waals surface area contributed by atoms with Gasteiger partial charge in [-0.3, -0.25) is 0 Å². The fourth-order valence-corrected chi connectivity index (χ4v) is 3.20. The normalized spacial score (nSPS) is 15.3. The number of nitrogens with zero attached hydrogens (tertiary/aromatic N) is 1. The van der Waals surface area contributed by atoms with Crippen LogP contribution in [0.15, 0.2) is 27.3 Å². The summed E-state index contributed by atoms with van der Waals surface area (Å²) in [4.78, 5) is 0. The van der Waals surface area contributed by atoms with Gasteiger partial charge in [-0.05, 0) is 37.8 Å². The molecule has 1 fully saturated rings. The van der Waals surface area contributed by atoms with Gasteiger partial charge < -0.3 is 19.7 Å². The molecule has 21 heavy (non-hydrogen) atoms. The minimum atomic E-state index is 0.216. The van der Waals surface area contributed by atoms with Crippen molar-refractivity contribution in [2.75, 3.05) is 12.8 Å². The van der Waals surface area contributed by atoms with Crippen molar-refractivity contribution in [3.63, 3.8) is 0 Å². The first-order chi connectivity index (χ1) is 10.2. The Labute approximate surface area is 131 Å². The summed E-state index contributed by atoms with van der Waals surface area (Å²) >= 11 is 3.55. The van der Waals surface area contributed by atoms with Crippen LogP contribution in [0.1, 0.15) is 25.7 Å². The minimum absolute atomic E-state index is 0.216. The van der Waals surface area contributed by atoms with E-state index in [9.17, 15) is 0 Å². The maximum atomic E-state index is 6.21. The number of anilines is 1. The highest BCUT2D eigenvalue weighted by atomic mass is 79.9. The Bertz CT molecular complexity index is 636. The van der Waals surface area contributed by atoms with Crippen LogP contribution in [0.25, 0.3) is 11.1 Å². The van der Waals surface area contributed by atoms with Crippen molar-refractivity contribution >= 4 is 21.8 Å². The molecule has 1 aromatic heterocycles. The molecule has 6 heteroatoms. The third kappa shape index (κ3) is 2.72. The van der Waals surface area contributed by atoms with Crippen molar-refractivity contribution in [2.24, 2.45) is 0 Å². The zero-order valence-corrected chi connectivity index (χ0v) is 13.4. The monoisotopic (exact) mass is 352 g/mol. The second-order valence-electron chi connectivity index (χ2n) is 5.08. The summed E-state index contributed by atoms with van der Waals surface area (Å²) in [6.07, 6.45) is 6.34. The van der Waals surface area contributed by atoms with E-state index in [0.29, 0.717) is 17.1 Å². The van der Waals surface area contributed by atoms with Crippen LogP contribution in [0, 0.1) is 0 Å². The number of hydrogen-bond acceptors (Lipinski definition) is 5. The molecule has 0 aliphatic heterocycles. The number of aromatic nitrogens is 1. The van der Waals surface area contributed by atoms with Gasteiger partial charge in [-0.1, -0.05) is 21.1 Å². The molecule has 2 N–H and O–H groups in total. The fraction of sp³-hybridized carbons (Fsp3) is 0.400. The van der Waals surface area contributed by atoms with Crippen molar-refractivity contribution in [3.8, 4) is 22.6 Å². The molecule has 2 aromatic rings. The number of nitrogen functional groups attached to an aromatic ring is 1. The average Bonchev–Trinajstić information content (AvgIpc) is 3.12. The molecule has 1 heterocycles. The van der Waals surface area contributed by atoms with Crippen LogP contribution in [0.4, 0.5) is 5.88 Å². The van der Waals surface area contributed by atoms with Crippen molar-refractivity contribution in [1.29, 1.82) is 0 Å². The van der Waals surface area contributed by atoms with Gasteiger partial charge in [0.05, 0.1) is 25.0 Å². The summed E-state index contributed by atoms with van der Waals surface area (Å²) in [5.74, 6) is 1.63. The lowest BCUT2D eigenvalue weighted by Crippen LogP contribution is -2.12. The van der Waals surface area contributed by atoms with Crippen LogP contribution in [-0.2, 0) is 0 Å². The summed E-state index contributed by atoms with van der Waals surface area (Å²) < 4.78 is 17.5. The van der Waals surface area contributed by atoms with Crippen LogP contribution in [0.3, 0.4) is 0 Å². The van der Waals surface area contributed by atoms with Crippen LogP contribution in [0.5, 0.6) is 11.5 Å². The molecule has 1 aromatic carbocycles. The van der Waals surface area contributed by atoms with Crippen molar-refractivity contribution < 1.29 is 14.0 Å². The van der Waals surface area contributed by atoms with Gasteiger partial charge in [0.1, 0.15) is 0 Å². The molecule has 0 bridgehead atoms. The van der Waals surface area contributed by atoms with Gasteiger partial charge in [0.2, 0.25) is 5.88 Å². The van der Waals surface area contributed by atoms with E-state index < -0.39 is 0 Å². The zero-order valence-electron chi connectivity index (χ0n) is 11.8. The fourth-order valence-electron chi connectivity index (χ4n) is 2.68. The SMILES string of the molecule is COc1ccc(Br)c(-c2cnoc2N)c1OC1CCCC1. The Hall–Kier alpha value is -1.69. The maximum Gasteiger partial charge on any atom is 0.230 e. The standard InChI is InChI=1S/C15H17BrN2O3/c1-19-12-7-6-11(16)13(10-8-18-21-15(10)17)14(12)20-9-4-2-3-5-9/h6-9H,2-5,17H2,1H3. The molecule has 0 atom stereocenters. The minimum Gasteiger partial charge on any atom is -0.493 e. The van der Waals surface area contributed by atoms with E-state index in [2.05, 4.69) is 21.1 Å². The van der Waals surface area contributed by atoms with Crippen molar-refractivity contribution in [1.82, 2.24) is 5.16 Å². The first-order valence-corrected chi connectivity index (χ1v) is 7.73. The summed E-state index contributed by atoms with van der Waals surface area (Å²) in [6, 6.07) is 3.78. The number of nitrogens with two attached hydrogens (primary N) is 1. The Morgan fingerprint density at radius 1 is 1.33 bits per heavy atom. The molecule has 0 radical (unpaired) electrons. The molecule has 0 unspecified atom stereocenters. The molecule has 0 saturated heterocycles. The lowest BCUT2D eigenvalue weighted by molar-refractivity contribution is 0.201. The van der Waals surface area contributed by atoms with Gasteiger partial charge in [0, 0.05) is 10.0 Å². The van der Waals surface area contributed by atoms with E-state index >= 15 is 0 Å². The molecule has 1 aliphatic carbocycles. The first-order valence-electron chi connectivity index (χ1n) is 6.94. The largest absolute Gasteiger partial charge is 0.493 e. The first kappa shape index (κ1) is 14.3. The van der Waals surface area contributed by atoms with Gasteiger partial charge >= 0.3 is 0 Å². The summed E-state index contributed by atoms with van der Waals surface area (Å²) in [7, 11) is 1.63. The summed E-state index contributed by atoms with van der Waals surface area (Å²) in [5, 5.41) is 3.75. The second kappa shape index (κ2) is 5.97. The molecule has 0 amide bonds. The molecule has 5 nitrogen and oxygen atoms in total. The molecule has 3 rings (SSSR count). The second-order valence-corrected chi connectivity index (χ2v) is 5.94. The molecule has 1 aliphatic rings. The van der Waals surface area contributed by atoms with Crippen LogP contribution in [0.2, 0.25) is 0 Å². The number of ether oxygens (including phenoxy) is 2. The summed E-state index contributed by atoms with van der Waals surface area (Å²) in [6.45, 7) is 0. The smallest absolute Gasteiger partial charge is 0.230 e. The zero-order chi connectivity index (χ0) is 14.8. The van der Waals surface area contributed by atoms with E-state index in [-0.39, 0.29) is 12.0 Å². The highest BCUT2D eigenvalue weighted by Crippen LogP contribution is 2.46. The molecule has 1 saturated carbocycles. The Morgan fingerprint density at radius 2 is 2.10 bits per heavy atom. The van der Waals surface area contributed by atoms with E-state index in [1.807, 2.05) is 12.1 Å². The topological polar surface area (TPSA) is 70.5 Å².